The molecule has 3 heteroatoms. The molecule has 3 nitrogen and oxygen atoms in total. The molecule has 0 saturated carbocycles. The lowest BCUT2D eigenvalue weighted by Gasteiger charge is -2.22. The van der Waals surface area contributed by atoms with Crippen LogP contribution in [0.5, 0.6) is 0 Å². The summed E-state index contributed by atoms with van der Waals surface area (Å²) in [6.45, 7) is 4.68. The highest BCUT2D eigenvalue weighted by Gasteiger charge is 2.37. The molecule has 8 aromatic rings. The lowest BCUT2D eigenvalue weighted by molar-refractivity contribution is 0.661. The molecular weight excluding hydrogens is 595 g/mol. The van der Waals surface area contributed by atoms with Crippen LogP contribution in [0.2, 0.25) is 0 Å². The van der Waals surface area contributed by atoms with E-state index in [-0.39, 0.29) is 5.41 Å². The second kappa shape index (κ2) is 11.5. The van der Waals surface area contributed by atoms with Crippen LogP contribution in [0.4, 0.5) is 0 Å². The summed E-state index contributed by atoms with van der Waals surface area (Å²) in [6, 6.07) is 55.7. The molecule has 6 aromatic carbocycles. The van der Waals surface area contributed by atoms with Crippen molar-refractivity contribution in [2.75, 3.05) is 0 Å². The van der Waals surface area contributed by atoms with Crippen molar-refractivity contribution in [2.45, 2.75) is 19.3 Å². The van der Waals surface area contributed by atoms with E-state index < -0.39 is 0 Å². The molecule has 0 fully saturated rings. The zero-order chi connectivity index (χ0) is 33.0. The van der Waals surface area contributed by atoms with Gasteiger partial charge in [0.2, 0.25) is 0 Å². The lowest BCUT2D eigenvalue weighted by Crippen LogP contribution is -2.14. The Labute approximate surface area is 286 Å². The maximum atomic E-state index is 5.25. The monoisotopic (exact) mass is 627 g/mol. The lowest BCUT2D eigenvalue weighted by atomic mass is 9.81. The Balaban J connectivity index is 1.20. The van der Waals surface area contributed by atoms with Crippen molar-refractivity contribution in [1.29, 1.82) is 0 Å². The van der Waals surface area contributed by atoms with Gasteiger partial charge >= 0.3 is 0 Å². The quantitative estimate of drug-likeness (QED) is 0.191. The van der Waals surface area contributed by atoms with E-state index in [2.05, 4.69) is 146 Å². The number of fused-ring (bicyclic) bond motifs is 4. The molecule has 232 valence electrons. The summed E-state index contributed by atoms with van der Waals surface area (Å²) in [5.41, 5.74) is 14.4. The van der Waals surface area contributed by atoms with Gasteiger partial charge in [0, 0.05) is 33.9 Å². The molecule has 0 bridgehead atoms. The molecule has 2 aromatic heterocycles. The second-order valence-corrected chi connectivity index (χ2v) is 13.3. The van der Waals surface area contributed by atoms with Crippen LogP contribution in [0.25, 0.3) is 78.2 Å². The van der Waals surface area contributed by atoms with Crippen LogP contribution < -0.4 is 0 Å². The third-order valence-electron chi connectivity index (χ3n) is 9.96. The summed E-state index contributed by atoms with van der Waals surface area (Å²) in [4.78, 5) is 15.0. The highest BCUT2D eigenvalue weighted by Crippen LogP contribution is 2.53. The molecule has 0 radical (unpaired) electrons. The summed E-state index contributed by atoms with van der Waals surface area (Å²) in [5, 5.41) is 2.52. The average molecular weight is 628 g/mol. The van der Waals surface area contributed by atoms with Gasteiger partial charge in [0.05, 0.1) is 17.1 Å². The van der Waals surface area contributed by atoms with E-state index in [1.807, 2.05) is 36.5 Å². The Bertz CT molecular complexity index is 2500. The molecule has 0 saturated heterocycles. The van der Waals surface area contributed by atoms with E-state index >= 15 is 0 Å². The number of aromatic nitrogens is 3. The van der Waals surface area contributed by atoms with Crippen molar-refractivity contribution in [3.05, 3.63) is 175 Å². The zero-order valence-electron chi connectivity index (χ0n) is 27.4. The van der Waals surface area contributed by atoms with Gasteiger partial charge in [-0.1, -0.05) is 141 Å². The van der Waals surface area contributed by atoms with Crippen LogP contribution >= 0.6 is 0 Å². The topological polar surface area (TPSA) is 38.7 Å². The average Bonchev–Trinajstić information content (AvgIpc) is 3.39. The highest BCUT2D eigenvalue weighted by atomic mass is 14.9. The smallest absolute Gasteiger partial charge is 0.160 e. The standard InChI is InChI=1S/C46H33N3/c1-46(2)39-20-12-19-37(44(39)38-27-33-15-6-7-16-34(33)28-40(38)46)43-29-42(48-45(49-43)32-13-4-3-5-14-32)31-24-22-30(23-25-31)35-17-8-9-18-36(35)41-21-10-11-26-47-41/h3-29H,1-2H3. The molecule has 0 amide bonds. The van der Waals surface area contributed by atoms with E-state index in [1.165, 1.54) is 33.0 Å². The molecule has 0 unspecified atom stereocenters. The van der Waals surface area contributed by atoms with Crippen LogP contribution in [0.1, 0.15) is 25.0 Å². The van der Waals surface area contributed by atoms with Gasteiger partial charge in [0.15, 0.2) is 5.82 Å². The van der Waals surface area contributed by atoms with Gasteiger partial charge in [0.1, 0.15) is 0 Å². The normalized spacial score (nSPS) is 12.9. The SMILES string of the molecule is CC1(C)c2cc3ccccc3cc2-c2c(-c3cc(-c4ccc(-c5ccccc5-c5ccccn5)cc4)nc(-c4ccccc4)n3)cccc21. The Morgan fingerprint density at radius 2 is 1.06 bits per heavy atom. The Hall–Kier alpha value is -6.19. The first-order valence-corrected chi connectivity index (χ1v) is 16.8. The van der Waals surface area contributed by atoms with E-state index in [9.17, 15) is 0 Å². The molecule has 2 heterocycles. The van der Waals surface area contributed by atoms with E-state index in [4.69, 9.17) is 9.97 Å². The fourth-order valence-electron chi connectivity index (χ4n) is 7.44. The highest BCUT2D eigenvalue weighted by molar-refractivity contribution is 5.98. The van der Waals surface area contributed by atoms with Gasteiger partial charge in [-0.2, -0.15) is 0 Å². The Morgan fingerprint density at radius 3 is 1.84 bits per heavy atom. The minimum Gasteiger partial charge on any atom is -0.256 e. The van der Waals surface area contributed by atoms with Gasteiger partial charge in [-0.25, -0.2) is 9.97 Å². The van der Waals surface area contributed by atoms with Crippen molar-refractivity contribution in [3.63, 3.8) is 0 Å². The first kappa shape index (κ1) is 29.0. The first-order valence-electron chi connectivity index (χ1n) is 16.8. The summed E-state index contributed by atoms with van der Waals surface area (Å²) in [6.07, 6.45) is 1.84. The molecule has 0 N–H and O–H groups in total. The van der Waals surface area contributed by atoms with Gasteiger partial charge in [-0.15, -0.1) is 0 Å². The zero-order valence-corrected chi connectivity index (χ0v) is 27.4. The van der Waals surface area contributed by atoms with Crippen molar-refractivity contribution in [3.8, 4) is 67.4 Å². The maximum Gasteiger partial charge on any atom is 0.160 e. The number of hydrogen-bond donors (Lipinski definition) is 0. The number of rotatable bonds is 5. The van der Waals surface area contributed by atoms with Crippen LogP contribution in [-0.4, -0.2) is 15.0 Å². The van der Waals surface area contributed by atoms with E-state index in [0.29, 0.717) is 5.82 Å². The minimum absolute atomic E-state index is 0.135. The molecule has 9 rings (SSSR count). The van der Waals surface area contributed by atoms with Crippen LogP contribution in [0.15, 0.2) is 164 Å². The fourth-order valence-corrected chi connectivity index (χ4v) is 7.44. The summed E-state index contributed by atoms with van der Waals surface area (Å²) >= 11 is 0. The van der Waals surface area contributed by atoms with Gasteiger partial charge in [-0.3, -0.25) is 4.98 Å². The third kappa shape index (κ3) is 4.94. The number of benzene rings is 6. The molecule has 49 heavy (non-hydrogen) atoms. The molecule has 1 aliphatic carbocycles. The Kier molecular flexibility index (Phi) is 6.80. The van der Waals surface area contributed by atoms with Crippen molar-refractivity contribution in [2.24, 2.45) is 0 Å². The van der Waals surface area contributed by atoms with E-state index in [1.54, 1.807) is 0 Å². The van der Waals surface area contributed by atoms with Crippen molar-refractivity contribution in [1.82, 2.24) is 15.0 Å². The molecule has 0 spiro atoms. The maximum absolute atomic E-state index is 5.25. The van der Waals surface area contributed by atoms with Crippen LogP contribution in [0.3, 0.4) is 0 Å². The van der Waals surface area contributed by atoms with Crippen molar-refractivity contribution >= 4 is 10.8 Å². The molecule has 0 aliphatic heterocycles. The predicted octanol–water partition coefficient (Wildman–Crippen LogP) is 11.7. The second-order valence-electron chi connectivity index (χ2n) is 13.3. The summed E-state index contributed by atoms with van der Waals surface area (Å²) in [7, 11) is 0. The fraction of sp³-hybridized carbons (Fsp3) is 0.0652. The van der Waals surface area contributed by atoms with Gasteiger partial charge in [-0.05, 0) is 74.5 Å². The third-order valence-corrected chi connectivity index (χ3v) is 9.96. The number of hydrogen-bond acceptors (Lipinski definition) is 3. The van der Waals surface area contributed by atoms with Crippen molar-refractivity contribution < 1.29 is 0 Å². The van der Waals surface area contributed by atoms with E-state index in [0.717, 1.165) is 50.5 Å². The largest absolute Gasteiger partial charge is 0.256 e. The summed E-state index contributed by atoms with van der Waals surface area (Å²) < 4.78 is 0. The molecule has 1 aliphatic rings. The number of nitrogens with zero attached hydrogens (tertiary/aromatic N) is 3. The van der Waals surface area contributed by atoms with Gasteiger partial charge in [0.25, 0.3) is 0 Å². The molecule has 0 atom stereocenters. The first-order chi connectivity index (χ1) is 24.0. The van der Waals surface area contributed by atoms with Crippen LogP contribution in [0, 0.1) is 0 Å². The van der Waals surface area contributed by atoms with Gasteiger partial charge < -0.3 is 0 Å². The summed E-state index contributed by atoms with van der Waals surface area (Å²) in [5.74, 6) is 0.714. The molecular formula is C46H33N3. The van der Waals surface area contributed by atoms with Crippen LogP contribution in [-0.2, 0) is 5.41 Å². The predicted molar refractivity (Wildman–Crippen MR) is 202 cm³/mol. The number of pyridine rings is 1. The minimum atomic E-state index is -0.135. The Morgan fingerprint density at radius 1 is 0.408 bits per heavy atom.